The number of guanidine groups is 1. The summed E-state index contributed by atoms with van der Waals surface area (Å²) >= 11 is 0. The Bertz CT molecular complexity index is 548. The molecule has 6 heteroatoms. The highest BCUT2D eigenvalue weighted by molar-refractivity contribution is 5.79. The van der Waals surface area contributed by atoms with E-state index in [-0.39, 0.29) is 0 Å². The Morgan fingerprint density at radius 1 is 1.24 bits per heavy atom. The molecule has 25 heavy (non-hydrogen) atoms. The number of para-hydroxylation sites is 1. The lowest BCUT2D eigenvalue weighted by molar-refractivity contribution is 0.119. The number of methoxy groups -OCH3 is 1. The number of nitrogens with zero attached hydrogens (tertiary/aromatic N) is 3. The minimum absolute atomic E-state index is 0.475. The van der Waals surface area contributed by atoms with Crippen LogP contribution in [0.4, 0.5) is 0 Å². The van der Waals surface area contributed by atoms with E-state index >= 15 is 0 Å². The molecule has 0 saturated carbocycles. The first-order valence-electron chi connectivity index (χ1n) is 9.17. The summed E-state index contributed by atoms with van der Waals surface area (Å²) in [6.45, 7) is 7.90. The van der Waals surface area contributed by atoms with E-state index in [1.54, 1.807) is 7.11 Å². The molecular formula is C19H33N5O. The zero-order valence-electron chi connectivity index (χ0n) is 16.1. The second kappa shape index (κ2) is 10.3. The highest BCUT2D eigenvalue weighted by Gasteiger charge is 2.21. The van der Waals surface area contributed by atoms with Gasteiger partial charge in [0.1, 0.15) is 5.75 Å². The second-order valence-corrected chi connectivity index (χ2v) is 6.60. The summed E-state index contributed by atoms with van der Waals surface area (Å²) in [7, 11) is 6.09. The summed E-state index contributed by atoms with van der Waals surface area (Å²) in [4.78, 5) is 9.57. The van der Waals surface area contributed by atoms with Crippen molar-refractivity contribution < 1.29 is 4.74 Å². The van der Waals surface area contributed by atoms with Crippen LogP contribution in [0.5, 0.6) is 5.75 Å². The highest BCUT2D eigenvalue weighted by Crippen LogP contribution is 2.17. The molecule has 0 spiro atoms. The van der Waals surface area contributed by atoms with Crippen LogP contribution in [0.1, 0.15) is 12.5 Å². The van der Waals surface area contributed by atoms with Gasteiger partial charge in [0, 0.05) is 38.8 Å². The van der Waals surface area contributed by atoms with Crippen LogP contribution in [-0.2, 0) is 6.42 Å². The Morgan fingerprint density at radius 3 is 2.80 bits per heavy atom. The first-order chi connectivity index (χ1) is 12.1. The molecule has 2 N–H and O–H groups in total. The average molecular weight is 348 g/mol. The molecule has 140 valence electrons. The first kappa shape index (κ1) is 19.5. The van der Waals surface area contributed by atoms with Gasteiger partial charge in [-0.15, -0.1) is 0 Å². The maximum atomic E-state index is 5.42. The lowest BCUT2D eigenvalue weighted by Gasteiger charge is -2.36. The van der Waals surface area contributed by atoms with E-state index in [1.807, 2.05) is 18.2 Å². The standard InChI is InChI=1S/C19H33N5O/c1-5-20-19(22-14-17-15-23(2)12-13-24(17)3)21-11-10-16-8-6-7-9-18(16)25-4/h6-9,17H,5,10-15H2,1-4H3,(H2,20,21,22). The quantitative estimate of drug-likeness (QED) is 0.570. The SMILES string of the molecule is CCNC(=NCC1CN(C)CCN1C)NCCc1ccccc1OC. The fourth-order valence-electron chi connectivity index (χ4n) is 3.06. The van der Waals surface area contributed by atoms with Crippen molar-refractivity contribution >= 4 is 5.96 Å². The number of piperazine rings is 1. The summed E-state index contributed by atoms with van der Waals surface area (Å²) in [6, 6.07) is 8.64. The van der Waals surface area contributed by atoms with E-state index in [2.05, 4.69) is 47.5 Å². The van der Waals surface area contributed by atoms with Crippen molar-refractivity contribution in [3.63, 3.8) is 0 Å². The fraction of sp³-hybridized carbons (Fsp3) is 0.632. The summed E-state index contributed by atoms with van der Waals surface area (Å²) in [6.07, 6.45) is 0.903. The smallest absolute Gasteiger partial charge is 0.191 e. The van der Waals surface area contributed by atoms with E-state index in [9.17, 15) is 0 Å². The third kappa shape index (κ3) is 6.21. The van der Waals surface area contributed by atoms with E-state index in [4.69, 9.17) is 9.73 Å². The molecule has 1 unspecified atom stereocenters. The summed E-state index contributed by atoms with van der Waals surface area (Å²) in [5, 5.41) is 6.78. The molecule has 2 rings (SSSR count). The van der Waals surface area contributed by atoms with Crippen molar-refractivity contribution in [1.29, 1.82) is 0 Å². The van der Waals surface area contributed by atoms with Gasteiger partial charge in [-0.25, -0.2) is 0 Å². The van der Waals surface area contributed by atoms with Crippen molar-refractivity contribution in [2.75, 3.05) is 60.5 Å². The zero-order valence-corrected chi connectivity index (χ0v) is 16.1. The summed E-state index contributed by atoms with van der Waals surface area (Å²) in [5.41, 5.74) is 1.21. The molecule has 1 atom stereocenters. The van der Waals surface area contributed by atoms with Crippen molar-refractivity contribution in [3.8, 4) is 5.75 Å². The molecule has 1 saturated heterocycles. The normalized spacial score (nSPS) is 19.7. The number of hydrogen-bond donors (Lipinski definition) is 2. The van der Waals surface area contributed by atoms with Crippen molar-refractivity contribution in [1.82, 2.24) is 20.4 Å². The van der Waals surface area contributed by atoms with Crippen molar-refractivity contribution in [3.05, 3.63) is 29.8 Å². The molecule has 0 aliphatic carbocycles. The minimum Gasteiger partial charge on any atom is -0.496 e. The van der Waals surface area contributed by atoms with E-state index in [1.165, 1.54) is 5.56 Å². The van der Waals surface area contributed by atoms with E-state index < -0.39 is 0 Å². The third-order valence-electron chi connectivity index (χ3n) is 4.66. The topological polar surface area (TPSA) is 52.1 Å². The highest BCUT2D eigenvalue weighted by atomic mass is 16.5. The molecule has 1 fully saturated rings. The number of hydrogen-bond acceptors (Lipinski definition) is 4. The van der Waals surface area contributed by atoms with Crippen molar-refractivity contribution in [2.45, 2.75) is 19.4 Å². The summed E-state index contributed by atoms with van der Waals surface area (Å²) in [5.74, 6) is 1.83. The zero-order chi connectivity index (χ0) is 18.1. The molecule has 1 aromatic carbocycles. The van der Waals surface area contributed by atoms with Crippen molar-refractivity contribution in [2.24, 2.45) is 4.99 Å². The molecule has 0 radical (unpaired) electrons. The monoisotopic (exact) mass is 347 g/mol. The van der Waals surface area contributed by atoms with Gasteiger partial charge in [0.15, 0.2) is 5.96 Å². The predicted octanol–water partition coefficient (Wildman–Crippen LogP) is 1.04. The van der Waals surface area contributed by atoms with Crippen LogP contribution in [0.25, 0.3) is 0 Å². The van der Waals surface area contributed by atoms with Crippen LogP contribution < -0.4 is 15.4 Å². The third-order valence-corrected chi connectivity index (χ3v) is 4.66. The van der Waals surface area contributed by atoms with Gasteiger partial charge in [-0.2, -0.15) is 0 Å². The molecular weight excluding hydrogens is 314 g/mol. The molecule has 1 aromatic rings. The van der Waals surface area contributed by atoms with Gasteiger partial charge >= 0.3 is 0 Å². The van der Waals surface area contributed by atoms with Crippen LogP contribution in [0.15, 0.2) is 29.3 Å². The predicted molar refractivity (Wildman–Crippen MR) is 105 cm³/mol. The van der Waals surface area contributed by atoms with E-state index in [0.29, 0.717) is 6.04 Å². The lowest BCUT2D eigenvalue weighted by Crippen LogP contribution is -2.51. The average Bonchev–Trinajstić information content (AvgIpc) is 2.62. The van der Waals surface area contributed by atoms with Gasteiger partial charge in [0.05, 0.1) is 13.7 Å². The van der Waals surface area contributed by atoms with Gasteiger partial charge in [0.25, 0.3) is 0 Å². The molecule has 1 aliphatic heterocycles. The molecule has 1 aliphatic rings. The number of likely N-dealkylation sites (N-methyl/N-ethyl adjacent to an activating group) is 2. The maximum absolute atomic E-state index is 5.42. The Labute approximate surface area is 152 Å². The Morgan fingerprint density at radius 2 is 2.04 bits per heavy atom. The number of rotatable bonds is 7. The molecule has 6 nitrogen and oxygen atoms in total. The van der Waals surface area contributed by atoms with Gasteiger partial charge in [-0.1, -0.05) is 18.2 Å². The van der Waals surface area contributed by atoms with Gasteiger partial charge in [-0.05, 0) is 39.1 Å². The van der Waals surface area contributed by atoms with Crippen LogP contribution in [0, 0.1) is 0 Å². The summed E-state index contributed by atoms with van der Waals surface area (Å²) < 4.78 is 5.42. The fourth-order valence-corrected chi connectivity index (χ4v) is 3.06. The number of nitrogens with one attached hydrogen (secondary N) is 2. The van der Waals surface area contributed by atoms with E-state index in [0.717, 1.165) is 57.4 Å². The molecule has 0 bridgehead atoms. The van der Waals surface area contributed by atoms with Crippen LogP contribution in [0.3, 0.4) is 0 Å². The maximum Gasteiger partial charge on any atom is 0.191 e. The largest absolute Gasteiger partial charge is 0.496 e. The minimum atomic E-state index is 0.475. The number of benzene rings is 1. The van der Waals surface area contributed by atoms with Gasteiger partial charge in [-0.3, -0.25) is 9.89 Å². The molecule has 0 amide bonds. The molecule has 1 heterocycles. The van der Waals surface area contributed by atoms with Gasteiger partial charge < -0.3 is 20.3 Å². The second-order valence-electron chi connectivity index (χ2n) is 6.60. The molecule has 0 aromatic heterocycles. The van der Waals surface area contributed by atoms with Crippen LogP contribution in [0.2, 0.25) is 0 Å². The first-order valence-corrected chi connectivity index (χ1v) is 9.17. The van der Waals surface area contributed by atoms with Crippen LogP contribution in [-0.4, -0.2) is 82.3 Å². The Kier molecular flexibility index (Phi) is 8.01. The number of ether oxygens (including phenoxy) is 1. The Balaban J connectivity index is 1.87. The van der Waals surface area contributed by atoms with Gasteiger partial charge in [0.2, 0.25) is 0 Å². The lowest BCUT2D eigenvalue weighted by atomic mass is 10.1. The van der Waals surface area contributed by atoms with Crippen LogP contribution >= 0.6 is 0 Å². The number of aliphatic imine (C=N–C) groups is 1. The Hall–Kier alpha value is -1.79.